The fourth-order valence-corrected chi connectivity index (χ4v) is 5.40. The van der Waals surface area contributed by atoms with Gasteiger partial charge in [0.05, 0.1) is 10.5 Å². The Morgan fingerprint density at radius 2 is 2.07 bits per heavy atom. The molecule has 0 atom stereocenters. The fraction of sp³-hybridized carbons (Fsp3) is 0.429. The average molecular weight is 426 g/mol. The molecule has 0 spiro atoms. The van der Waals surface area contributed by atoms with Gasteiger partial charge in [-0.25, -0.2) is 0 Å². The summed E-state index contributed by atoms with van der Waals surface area (Å²) in [4.78, 5) is 29.5. The largest absolute Gasteiger partial charge is 0.363 e. The minimum absolute atomic E-state index is 0.0678. The molecule has 1 N–H and O–H groups in total. The third-order valence-electron chi connectivity index (χ3n) is 5.85. The number of thiophene rings is 1. The number of nitro benzene ring substituents is 1. The lowest BCUT2D eigenvalue weighted by atomic mass is 10.1. The van der Waals surface area contributed by atoms with Gasteiger partial charge in [0, 0.05) is 42.7 Å². The fourth-order valence-electron chi connectivity index (χ4n) is 4.17. The maximum Gasteiger partial charge on any atom is 0.293 e. The van der Waals surface area contributed by atoms with Gasteiger partial charge in [0.15, 0.2) is 0 Å². The number of piperazine rings is 1. The monoisotopic (exact) mass is 425 g/mol. The summed E-state index contributed by atoms with van der Waals surface area (Å²) in [6, 6.07) is 6.82. The van der Waals surface area contributed by atoms with Crippen molar-refractivity contribution in [2.45, 2.75) is 26.2 Å². The summed E-state index contributed by atoms with van der Waals surface area (Å²) < 4.78 is 0. The maximum atomic E-state index is 12.8. The minimum atomic E-state index is -0.433. The molecule has 1 aromatic carbocycles. The zero-order valence-corrected chi connectivity index (χ0v) is 17.6. The molecule has 0 radical (unpaired) electrons. The van der Waals surface area contributed by atoms with Crippen molar-refractivity contribution in [3.05, 3.63) is 49.9 Å². The van der Waals surface area contributed by atoms with Gasteiger partial charge in [-0.3, -0.25) is 14.9 Å². The van der Waals surface area contributed by atoms with Crippen LogP contribution in [-0.4, -0.2) is 48.5 Å². The molecule has 2 aromatic rings. The Morgan fingerprint density at radius 3 is 2.73 bits per heavy atom. The highest BCUT2D eigenvalue weighted by Crippen LogP contribution is 2.39. The first-order valence-corrected chi connectivity index (χ1v) is 10.9. The van der Waals surface area contributed by atoms with Crippen molar-refractivity contribution in [2.75, 3.05) is 42.9 Å². The van der Waals surface area contributed by atoms with E-state index in [1.165, 1.54) is 17.4 Å². The summed E-state index contributed by atoms with van der Waals surface area (Å²) in [6.45, 7) is 6.21. The van der Waals surface area contributed by atoms with Crippen LogP contribution >= 0.6 is 11.3 Å². The van der Waals surface area contributed by atoms with Crippen LogP contribution in [0.4, 0.5) is 16.4 Å². The molecule has 1 fully saturated rings. The minimum Gasteiger partial charge on any atom is -0.363 e. The number of likely N-dealkylation sites (N-methyl/N-ethyl adjacent to an activating group) is 1. The van der Waals surface area contributed by atoms with Crippen molar-refractivity contribution in [1.82, 2.24) is 4.90 Å². The van der Waals surface area contributed by atoms with Gasteiger partial charge in [0.1, 0.15) is 16.8 Å². The predicted octanol–water partition coefficient (Wildman–Crippen LogP) is 3.41. The Hall–Kier alpha value is -2.96. The van der Waals surface area contributed by atoms with Gasteiger partial charge in [-0.2, -0.15) is 5.26 Å². The van der Waals surface area contributed by atoms with E-state index in [-0.39, 0.29) is 11.3 Å². The number of hydrogen-bond acceptors (Lipinski definition) is 7. The zero-order chi connectivity index (χ0) is 21.3. The van der Waals surface area contributed by atoms with E-state index in [1.54, 1.807) is 12.1 Å². The zero-order valence-electron chi connectivity index (χ0n) is 16.8. The highest BCUT2D eigenvalue weighted by atomic mass is 32.1. The van der Waals surface area contributed by atoms with Gasteiger partial charge in [-0.15, -0.1) is 11.3 Å². The van der Waals surface area contributed by atoms with Gasteiger partial charge < -0.3 is 15.1 Å². The SMILES string of the molecule is CCN1CCN(c2ccc(C(=O)Nc3sc4c(c3C#N)CCC4)cc2[N+](=O)[O-])CC1. The first-order chi connectivity index (χ1) is 14.5. The Bertz CT molecular complexity index is 1030. The molecule has 156 valence electrons. The molecule has 2 aliphatic rings. The topological polar surface area (TPSA) is 103 Å². The number of anilines is 2. The standard InChI is InChI=1S/C21H23N5O3S/c1-2-24-8-10-25(11-9-24)17-7-6-14(12-18(17)26(28)29)20(27)23-21-16(13-22)15-4-3-5-19(15)30-21/h6-7,12H,2-5,8-11H2,1H3,(H,23,27). The highest BCUT2D eigenvalue weighted by molar-refractivity contribution is 7.16. The van der Waals surface area contributed by atoms with Gasteiger partial charge in [0.25, 0.3) is 11.6 Å². The van der Waals surface area contributed by atoms with Crippen LogP contribution in [0.5, 0.6) is 0 Å². The Kier molecular flexibility index (Phi) is 5.70. The van der Waals surface area contributed by atoms with E-state index < -0.39 is 10.8 Å². The Balaban J connectivity index is 1.57. The number of amides is 1. The molecule has 4 rings (SSSR count). The molecule has 1 aliphatic heterocycles. The van der Waals surface area contributed by atoms with Crippen LogP contribution in [0.25, 0.3) is 0 Å². The molecule has 8 nitrogen and oxygen atoms in total. The molecule has 30 heavy (non-hydrogen) atoms. The number of nitro groups is 1. The molecule has 9 heteroatoms. The van der Waals surface area contributed by atoms with E-state index in [4.69, 9.17) is 0 Å². The quantitative estimate of drug-likeness (QED) is 0.582. The molecule has 0 bridgehead atoms. The second-order valence-corrected chi connectivity index (χ2v) is 8.61. The Morgan fingerprint density at radius 1 is 1.30 bits per heavy atom. The van der Waals surface area contributed by atoms with Crippen molar-refractivity contribution >= 4 is 33.6 Å². The summed E-state index contributed by atoms with van der Waals surface area (Å²) >= 11 is 1.43. The second-order valence-electron chi connectivity index (χ2n) is 7.51. The summed E-state index contributed by atoms with van der Waals surface area (Å²) in [5.74, 6) is -0.433. The number of rotatable bonds is 5. The number of hydrogen-bond donors (Lipinski definition) is 1. The van der Waals surface area contributed by atoms with Crippen LogP contribution in [0, 0.1) is 21.4 Å². The van der Waals surface area contributed by atoms with E-state index in [9.17, 15) is 20.2 Å². The van der Waals surface area contributed by atoms with Crippen molar-refractivity contribution in [3.8, 4) is 6.07 Å². The molecule has 0 unspecified atom stereocenters. The average Bonchev–Trinajstić information content (AvgIpc) is 3.34. The van der Waals surface area contributed by atoms with Crippen molar-refractivity contribution < 1.29 is 9.72 Å². The van der Waals surface area contributed by atoms with Crippen molar-refractivity contribution in [1.29, 1.82) is 5.26 Å². The van der Waals surface area contributed by atoms with E-state index in [2.05, 4.69) is 23.2 Å². The van der Waals surface area contributed by atoms with Gasteiger partial charge in [0.2, 0.25) is 0 Å². The van der Waals surface area contributed by atoms with Crippen LogP contribution < -0.4 is 10.2 Å². The third-order valence-corrected chi connectivity index (χ3v) is 7.06. The molecule has 0 saturated carbocycles. The number of fused-ring (bicyclic) bond motifs is 1. The number of nitriles is 1. The normalized spacial score (nSPS) is 16.2. The lowest BCUT2D eigenvalue weighted by Gasteiger charge is -2.35. The number of carbonyl (C=O) groups is 1. The van der Waals surface area contributed by atoms with E-state index >= 15 is 0 Å². The number of nitrogens with one attached hydrogen (secondary N) is 1. The first-order valence-electron chi connectivity index (χ1n) is 10.1. The summed E-state index contributed by atoms with van der Waals surface area (Å²) in [6.07, 6.45) is 2.82. The highest BCUT2D eigenvalue weighted by Gasteiger charge is 2.26. The molecule has 2 heterocycles. The molecule has 1 aliphatic carbocycles. The molecular formula is C21H23N5O3S. The lowest BCUT2D eigenvalue weighted by Crippen LogP contribution is -2.46. The summed E-state index contributed by atoms with van der Waals surface area (Å²) in [5, 5.41) is 24.5. The van der Waals surface area contributed by atoms with Crippen LogP contribution in [0.15, 0.2) is 18.2 Å². The van der Waals surface area contributed by atoms with E-state index in [1.807, 2.05) is 4.90 Å². The van der Waals surface area contributed by atoms with Crippen LogP contribution in [-0.2, 0) is 12.8 Å². The number of aryl methyl sites for hydroxylation is 1. The van der Waals surface area contributed by atoms with E-state index in [0.29, 0.717) is 29.3 Å². The molecule has 1 saturated heterocycles. The van der Waals surface area contributed by atoms with E-state index in [0.717, 1.165) is 49.3 Å². The van der Waals surface area contributed by atoms with Crippen LogP contribution in [0.1, 0.15) is 39.7 Å². The Labute approximate surface area is 178 Å². The number of nitrogens with zero attached hydrogens (tertiary/aromatic N) is 4. The van der Waals surface area contributed by atoms with Crippen molar-refractivity contribution in [2.24, 2.45) is 0 Å². The van der Waals surface area contributed by atoms with Crippen LogP contribution in [0.3, 0.4) is 0 Å². The maximum absolute atomic E-state index is 12.8. The molecular weight excluding hydrogens is 402 g/mol. The number of carbonyl (C=O) groups excluding carboxylic acids is 1. The van der Waals surface area contributed by atoms with Gasteiger partial charge in [-0.05, 0) is 43.5 Å². The van der Waals surface area contributed by atoms with Gasteiger partial charge in [-0.1, -0.05) is 6.92 Å². The predicted molar refractivity (Wildman–Crippen MR) is 116 cm³/mol. The summed E-state index contributed by atoms with van der Waals surface area (Å²) in [7, 11) is 0. The molecule has 1 aromatic heterocycles. The van der Waals surface area contributed by atoms with Gasteiger partial charge >= 0.3 is 0 Å². The van der Waals surface area contributed by atoms with Crippen LogP contribution in [0.2, 0.25) is 0 Å². The lowest BCUT2D eigenvalue weighted by molar-refractivity contribution is -0.384. The summed E-state index contributed by atoms with van der Waals surface area (Å²) in [5.41, 5.74) is 2.25. The molecule has 1 amide bonds. The smallest absolute Gasteiger partial charge is 0.293 e. The second kappa shape index (κ2) is 8.42. The van der Waals surface area contributed by atoms with Crippen molar-refractivity contribution in [3.63, 3.8) is 0 Å². The third kappa shape index (κ3) is 3.76. The number of benzene rings is 1. The first kappa shape index (κ1) is 20.3.